The van der Waals surface area contributed by atoms with Gasteiger partial charge in [0.25, 0.3) is 0 Å². The van der Waals surface area contributed by atoms with E-state index in [2.05, 4.69) is 68.6 Å². The smallest absolute Gasteiger partial charge is 0.336 e. The molecule has 12 heteroatoms. The molecule has 1 saturated heterocycles. The molecule has 2 heterocycles. The fourth-order valence-corrected chi connectivity index (χ4v) is 5.54. The van der Waals surface area contributed by atoms with Crippen molar-refractivity contribution in [2.24, 2.45) is 0 Å². The Bertz CT molecular complexity index is 1220. The summed E-state index contributed by atoms with van der Waals surface area (Å²) in [6.45, 7) is 17.0. The quantitative estimate of drug-likeness (QED) is 0.246. The first kappa shape index (κ1) is 34.5. The number of aromatic nitrogens is 2. The number of carboxylic acids is 3. The van der Waals surface area contributed by atoms with Gasteiger partial charge in [-0.25, -0.2) is 9.48 Å². The van der Waals surface area contributed by atoms with Gasteiger partial charge in [-0.2, -0.15) is 5.10 Å². The molecule has 0 unspecified atom stereocenters. The minimum Gasteiger partial charge on any atom is -0.497 e. The van der Waals surface area contributed by atoms with Crippen LogP contribution in [0.15, 0.2) is 37.0 Å². The molecular weight excluding hydrogens is 544 g/mol. The Morgan fingerprint density at radius 3 is 2.00 bits per heavy atom. The van der Waals surface area contributed by atoms with Crippen LogP contribution in [0.3, 0.4) is 0 Å². The molecule has 42 heavy (non-hydrogen) atoms. The first-order chi connectivity index (χ1) is 19.4. The Morgan fingerprint density at radius 2 is 1.60 bits per heavy atom. The van der Waals surface area contributed by atoms with Gasteiger partial charge >= 0.3 is 17.9 Å². The highest BCUT2D eigenvalue weighted by Crippen LogP contribution is 2.33. The monoisotopic (exact) mass is 588 g/mol. The van der Waals surface area contributed by atoms with E-state index in [4.69, 9.17) is 25.2 Å². The highest BCUT2D eigenvalue weighted by molar-refractivity contribution is 5.88. The summed E-state index contributed by atoms with van der Waals surface area (Å²) in [5, 5.41) is 42.1. The van der Waals surface area contributed by atoms with Crippen molar-refractivity contribution >= 4 is 24.1 Å². The lowest BCUT2D eigenvalue weighted by atomic mass is 9.78. The molecule has 1 fully saturated rings. The number of nitrogens with zero attached hydrogens (tertiary/aromatic N) is 3. The fraction of sp³-hybridized carbons (Fsp3) is 0.533. The maximum absolute atomic E-state index is 10.3. The molecule has 0 spiro atoms. The summed E-state index contributed by atoms with van der Waals surface area (Å²) in [7, 11) is 1.71. The molecule has 232 valence electrons. The molecule has 3 rings (SSSR count). The third kappa shape index (κ3) is 9.97. The molecule has 1 aromatic heterocycles. The summed E-state index contributed by atoms with van der Waals surface area (Å²) in [5.41, 5.74) is 1.18. The van der Waals surface area contributed by atoms with Crippen molar-refractivity contribution in [3.8, 4) is 5.75 Å². The molecule has 0 bridgehead atoms. The van der Waals surface area contributed by atoms with Crippen LogP contribution in [0.1, 0.15) is 70.2 Å². The summed E-state index contributed by atoms with van der Waals surface area (Å²) in [5.74, 6) is -4.12. The van der Waals surface area contributed by atoms with E-state index in [-0.39, 0.29) is 11.1 Å². The summed E-state index contributed by atoms with van der Waals surface area (Å²) in [6, 6.07) is 8.91. The van der Waals surface area contributed by atoms with Gasteiger partial charge in [0.05, 0.1) is 26.1 Å². The maximum Gasteiger partial charge on any atom is 0.336 e. The molecule has 0 atom stereocenters. The number of nitrogens with one attached hydrogen (secondary N) is 1. The minimum absolute atomic E-state index is 0.102. The van der Waals surface area contributed by atoms with Crippen LogP contribution in [0.4, 0.5) is 0 Å². The molecule has 5 N–H and O–H groups in total. The predicted molar refractivity (Wildman–Crippen MR) is 157 cm³/mol. The van der Waals surface area contributed by atoms with Gasteiger partial charge < -0.3 is 30.5 Å². The fourth-order valence-electron chi connectivity index (χ4n) is 5.54. The number of rotatable bonds is 12. The largest absolute Gasteiger partial charge is 0.497 e. The van der Waals surface area contributed by atoms with Crippen molar-refractivity contribution in [2.75, 3.05) is 7.11 Å². The third-order valence-electron chi connectivity index (χ3n) is 7.21. The number of aliphatic hydroxyl groups is 1. The van der Waals surface area contributed by atoms with E-state index >= 15 is 0 Å². The van der Waals surface area contributed by atoms with E-state index in [1.807, 2.05) is 23.0 Å². The number of benzene rings is 1. The van der Waals surface area contributed by atoms with Crippen LogP contribution in [0.25, 0.3) is 6.20 Å². The van der Waals surface area contributed by atoms with Gasteiger partial charge in [0.2, 0.25) is 0 Å². The summed E-state index contributed by atoms with van der Waals surface area (Å²) < 4.78 is 7.19. The molecule has 2 aromatic rings. The average Bonchev–Trinajstić information content (AvgIpc) is 3.20. The van der Waals surface area contributed by atoms with Gasteiger partial charge in [0, 0.05) is 47.7 Å². The molecule has 1 aromatic carbocycles. The first-order valence-corrected chi connectivity index (χ1v) is 13.6. The third-order valence-corrected chi connectivity index (χ3v) is 7.21. The highest BCUT2D eigenvalue weighted by atomic mass is 16.5. The van der Waals surface area contributed by atoms with Gasteiger partial charge in [-0.3, -0.25) is 14.5 Å². The molecule has 0 saturated carbocycles. The van der Waals surface area contributed by atoms with Crippen molar-refractivity contribution in [1.29, 1.82) is 0 Å². The molecule has 0 radical (unpaired) electrons. The van der Waals surface area contributed by atoms with Crippen LogP contribution in [-0.2, 0) is 27.5 Å². The van der Waals surface area contributed by atoms with Crippen molar-refractivity contribution in [1.82, 2.24) is 20.0 Å². The topological polar surface area (TPSA) is 174 Å². The number of methoxy groups -OCH3 is 1. The van der Waals surface area contributed by atoms with E-state index in [9.17, 15) is 14.4 Å². The molecule has 0 amide bonds. The Balaban J connectivity index is 0.000000401. The molecule has 0 aliphatic carbocycles. The van der Waals surface area contributed by atoms with Crippen LogP contribution in [0.2, 0.25) is 0 Å². The number of hydrogen-bond donors (Lipinski definition) is 5. The van der Waals surface area contributed by atoms with Crippen molar-refractivity contribution in [2.45, 2.75) is 96.1 Å². The molecule has 12 nitrogen and oxygen atoms in total. The average molecular weight is 589 g/mol. The van der Waals surface area contributed by atoms with Gasteiger partial charge in [0.15, 0.2) is 5.60 Å². The van der Waals surface area contributed by atoms with E-state index in [1.165, 1.54) is 11.1 Å². The number of ether oxygens (including phenoxy) is 1. The standard InChI is InChI=1S/C24H36N4O.C6H8O7/c1-8-28-18(2)20(15-25-28)17-27(16-19-9-11-22(29-7)12-10-19)21-13-23(3,4)26-24(5,6)14-21;7-3(8)1-6(13,5(11)12)2-4(9)10/h8-12,15,21,26H,1,13-14,16-17H2,2-7H3;13H,1-2H2,(H,7,8)(H,9,10)(H,11,12). The second-order valence-electron chi connectivity index (χ2n) is 12.1. The van der Waals surface area contributed by atoms with Crippen molar-refractivity contribution in [3.63, 3.8) is 0 Å². The zero-order valence-electron chi connectivity index (χ0n) is 25.3. The van der Waals surface area contributed by atoms with Crippen LogP contribution < -0.4 is 10.1 Å². The van der Waals surface area contributed by atoms with Crippen LogP contribution >= 0.6 is 0 Å². The lowest BCUT2D eigenvalue weighted by molar-refractivity contribution is -0.170. The zero-order valence-corrected chi connectivity index (χ0v) is 25.3. The van der Waals surface area contributed by atoms with E-state index in [1.54, 1.807) is 13.3 Å². The second kappa shape index (κ2) is 14.0. The van der Waals surface area contributed by atoms with Gasteiger partial charge in [-0.15, -0.1) is 0 Å². The number of carboxylic acid groups (broad SMARTS) is 3. The van der Waals surface area contributed by atoms with E-state index < -0.39 is 36.4 Å². The maximum atomic E-state index is 10.3. The summed E-state index contributed by atoms with van der Waals surface area (Å²) in [6.07, 6.45) is 3.69. The summed E-state index contributed by atoms with van der Waals surface area (Å²) >= 11 is 0. The zero-order chi connectivity index (χ0) is 31.9. The number of hydrogen-bond acceptors (Lipinski definition) is 8. The molecule has 1 aliphatic heterocycles. The number of aliphatic carboxylic acids is 3. The van der Waals surface area contributed by atoms with Crippen LogP contribution in [0.5, 0.6) is 5.75 Å². The van der Waals surface area contributed by atoms with Crippen LogP contribution in [0, 0.1) is 6.92 Å². The van der Waals surface area contributed by atoms with Gasteiger partial charge in [-0.1, -0.05) is 18.7 Å². The summed E-state index contributed by atoms with van der Waals surface area (Å²) in [4.78, 5) is 33.1. The minimum atomic E-state index is -2.74. The van der Waals surface area contributed by atoms with E-state index in [0.29, 0.717) is 6.04 Å². The Morgan fingerprint density at radius 1 is 1.07 bits per heavy atom. The lowest BCUT2D eigenvalue weighted by Crippen LogP contribution is -2.62. The molecule has 1 aliphatic rings. The second-order valence-corrected chi connectivity index (χ2v) is 12.1. The molecular formula is C30H44N4O8. The number of piperidine rings is 1. The Kier molecular flexibility index (Phi) is 11.4. The highest BCUT2D eigenvalue weighted by Gasteiger charge is 2.41. The SMILES string of the molecule is C=Cn1ncc(CN(Cc2ccc(OC)cc2)C2CC(C)(C)NC(C)(C)C2)c1C.O=C(O)CC(O)(CC(=O)O)C(=O)O. The number of carbonyl (C=O) groups is 3. The predicted octanol–water partition coefficient (Wildman–Crippen LogP) is 3.36. The van der Waals surface area contributed by atoms with Crippen molar-refractivity contribution in [3.05, 3.63) is 53.9 Å². The van der Waals surface area contributed by atoms with Crippen LogP contribution in [-0.4, -0.2) is 82.8 Å². The van der Waals surface area contributed by atoms with Gasteiger partial charge in [-0.05, 0) is 65.2 Å². The Labute approximate surface area is 246 Å². The van der Waals surface area contributed by atoms with E-state index in [0.717, 1.165) is 37.4 Å². The normalized spacial score (nSPS) is 16.3. The first-order valence-electron chi connectivity index (χ1n) is 13.6. The lowest BCUT2D eigenvalue weighted by Gasteiger charge is -2.49. The Hall–Kier alpha value is -3.74. The van der Waals surface area contributed by atoms with Gasteiger partial charge in [0.1, 0.15) is 5.75 Å². The van der Waals surface area contributed by atoms with Crippen molar-refractivity contribution < 1.29 is 39.5 Å².